The van der Waals surface area contributed by atoms with Gasteiger partial charge in [0.25, 0.3) is 0 Å². The quantitative estimate of drug-likeness (QED) is 0.787. The molecule has 1 saturated heterocycles. The number of hydrogen-bond acceptors (Lipinski definition) is 4. The summed E-state index contributed by atoms with van der Waals surface area (Å²) in [5.41, 5.74) is 1.76. The lowest BCUT2D eigenvalue weighted by atomic mass is 9.77. The van der Waals surface area contributed by atoms with Crippen LogP contribution in [0.5, 0.6) is 0 Å². The number of hydrogen-bond donors (Lipinski definition) is 2. The number of rotatable bonds is 4. The molecule has 0 radical (unpaired) electrons. The Hall–Kier alpha value is -2.34. The van der Waals surface area contributed by atoms with Crippen LogP contribution >= 0.6 is 0 Å². The number of benzene rings is 1. The number of aliphatic hydroxyl groups excluding tert-OH is 1. The predicted molar refractivity (Wildman–Crippen MR) is 121 cm³/mol. The van der Waals surface area contributed by atoms with Gasteiger partial charge in [0.2, 0.25) is 5.91 Å². The van der Waals surface area contributed by atoms with Crippen molar-refractivity contribution >= 4 is 11.6 Å². The predicted octanol–water partition coefficient (Wildman–Crippen LogP) is 3.78. The number of carbonyl (C=O) groups excluding carboxylic acids is 1. The van der Waals surface area contributed by atoms with Crippen LogP contribution in [0, 0.1) is 18.8 Å². The molecule has 2 aromatic rings. The number of aromatic nitrogens is 2. The van der Waals surface area contributed by atoms with Crippen LogP contribution in [0.1, 0.15) is 56.6 Å². The van der Waals surface area contributed by atoms with Gasteiger partial charge in [0.1, 0.15) is 5.54 Å². The number of imidazole rings is 1. The van der Waals surface area contributed by atoms with Crippen molar-refractivity contribution in [1.29, 1.82) is 0 Å². The third kappa shape index (κ3) is 3.98. The molecule has 3 aliphatic rings. The average Bonchev–Trinajstić information content (AvgIpc) is 3.44. The van der Waals surface area contributed by atoms with Crippen LogP contribution in [0.4, 0.5) is 5.69 Å². The van der Waals surface area contributed by atoms with E-state index in [-0.39, 0.29) is 18.1 Å². The van der Waals surface area contributed by atoms with E-state index < -0.39 is 5.54 Å². The molecule has 2 N–H and O–H groups in total. The summed E-state index contributed by atoms with van der Waals surface area (Å²) in [4.78, 5) is 20.2. The Morgan fingerprint density at radius 3 is 2.48 bits per heavy atom. The first-order valence-electron chi connectivity index (χ1n) is 11.8. The largest absolute Gasteiger partial charge is 0.391 e. The van der Waals surface area contributed by atoms with Crippen LogP contribution in [-0.4, -0.2) is 50.2 Å². The molecule has 6 heteroatoms. The second-order valence-corrected chi connectivity index (χ2v) is 9.98. The summed E-state index contributed by atoms with van der Waals surface area (Å²) < 4.78 is 2.03. The van der Waals surface area contributed by atoms with Crippen molar-refractivity contribution in [3.8, 4) is 0 Å². The minimum absolute atomic E-state index is 0.0631. The summed E-state index contributed by atoms with van der Waals surface area (Å²) in [6.45, 7) is 3.66. The van der Waals surface area contributed by atoms with Crippen LogP contribution in [-0.2, 0) is 4.79 Å². The second kappa shape index (κ2) is 8.30. The lowest BCUT2D eigenvalue weighted by Gasteiger charge is -2.40. The summed E-state index contributed by atoms with van der Waals surface area (Å²) in [5, 5.41) is 14.4. The van der Waals surface area contributed by atoms with Gasteiger partial charge in [0, 0.05) is 31.2 Å². The molecule has 1 aromatic carbocycles. The molecule has 2 saturated carbocycles. The van der Waals surface area contributed by atoms with Gasteiger partial charge in [-0.3, -0.25) is 4.79 Å². The van der Waals surface area contributed by atoms with E-state index >= 15 is 0 Å². The fourth-order valence-corrected chi connectivity index (χ4v) is 6.12. The molecular formula is C25H34N4O2. The number of likely N-dealkylation sites (tertiary alicyclic amines) is 1. The maximum Gasteiger partial charge on any atom is 0.248 e. The summed E-state index contributed by atoms with van der Waals surface area (Å²) in [6, 6.07) is 8.45. The van der Waals surface area contributed by atoms with Gasteiger partial charge in [-0.15, -0.1) is 0 Å². The molecule has 2 heterocycles. The number of amides is 1. The maximum atomic E-state index is 13.9. The molecule has 166 valence electrons. The van der Waals surface area contributed by atoms with E-state index in [1.54, 1.807) is 12.5 Å². The van der Waals surface area contributed by atoms with Crippen LogP contribution < -0.4 is 5.32 Å². The van der Waals surface area contributed by atoms with Gasteiger partial charge in [-0.2, -0.15) is 0 Å². The lowest BCUT2D eigenvalue weighted by Crippen LogP contribution is -2.54. The van der Waals surface area contributed by atoms with Gasteiger partial charge in [0.05, 0.1) is 18.5 Å². The van der Waals surface area contributed by atoms with Crippen molar-refractivity contribution < 1.29 is 9.90 Å². The highest BCUT2D eigenvalue weighted by Gasteiger charge is 2.48. The minimum atomic E-state index is -0.497. The van der Waals surface area contributed by atoms with Crippen molar-refractivity contribution in [1.82, 2.24) is 14.5 Å². The van der Waals surface area contributed by atoms with Gasteiger partial charge in [-0.1, -0.05) is 37.0 Å². The normalized spacial score (nSPS) is 30.1. The van der Waals surface area contributed by atoms with Gasteiger partial charge in [0.15, 0.2) is 0 Å². The molecular weight excluding hydrogens is 388 g/mol. The Morgan fingerprint density at radius 1 is 1.10 bits per heavy atom. The SMILES string of the molecule is Cc1ccc(NC2(C(=O)N3C[C@H]4C[C@@H](n5ccnc5)[C@H](O)C[C@H]4C3)CCCCC2)cc1. The molecule has 1 aliphatic heterocycles. The van der Waals surface area contributed by atoms with Crippen molar-refractivity contribution in [2.45, 2.75) is 69.6 Å². The molecule has 1 aromatic heterocycles. The van der Waals surface area contributed by atoms with E-state index in [9.17, 15) is 9.90 Å². The monoisotopic (exact) mass is 422 g/mol. The molecule has 0 unspecified atom stereocenters. The third-order valence-electron chi connectivity index (χ3n) is 7.86. The first kappa shape index (κ1) is 20.6. The number of aryl methyl sites for hydroxylation is 1. The molecule has 6 nitrogen and oxygen atoms in total. The zero-order chi connectivity index (χ0) is 21.4. The molecule has 0 spiro atoms. The number of anilines is 1. The molecule has 0 bridgehead atoms. The summed E-state index contributed by atoms with van der Waals surface area (Å²) >= 11 is 0. The maximum absolute atomic E-state index is 13.9. The number of nitrogens with zero attached hydrogens (tertiary/aromatic N) is 3. The zero-order valence-electron chi connectivity index (χ0n) is 18.4. The van der Waals surface area contributed by atoms with Gasteiger partial charge >= 0.3 is 0 Å². The van der Waals surface area contributed by atoms with Gasteiger partial charge in [-0.05, 0) is 56.6 Å². The topological polar surface area (TPSA) is 70.4 Å². The van der Waals surface area contributed by atoms with Crippen molar-refractivity contribution in [2.24, 2.45) is 11.8 Å². The molecule has 4 atom stereocenters. The summed E-state index contributed by atoms with van der Waals surface area (Å²) in [6.07, 6.45) is 12.0. The molecule has 31 heavy (non-hydrogen) atoms. The highest BCUT2D eigenvalue weighted by Crippen LogP contribution is 2.43. The zero-order valence-corrected chi connectivity index (χ0v) is 18.4. The van der Waals surface area contributed by atoms with E-state index in [1.165, 1.54) is 12.0 Å². The van der Waals surface area contributed by atoms with Crippen LogP contribution in [0.15, 0.2) is 43.0 Å². The lowest BCUT2D eigenvalue weighted by molar-refractivity contribution is -0.136. The Bertz CT molecular complexity index is 889. The smallest absolute Gasteiger partial charge is 0.248 e. The van der Waals surface area contributed by atoms with Gasteiger partial charge in [-0.25, -0.2) is 4.98 Å². The first-order valence-corrected chi connectivity index (χ1v) is 11.8. The van der Waals surface area contributed by atoms with Crippen LogP contribution in [0.3, 0.4) is 0 Å². The van der Waals surface area contributed by atoms with E-state index in [1.807, 2.05) is 10.8 Å². The number of fused-ring (bicyclic) bond motifs is 1. The van der Waals surface area contributed by atoms with Gasteiger partial charge < -0.3 is 19.9 Å². The Kier molecular flexibility index (Phi) is 5.51. The van der Waals surface area contributed by atoms with Crippen molar-refractivity contribution in [3.63, 3.8) is 0 Å². The Morgan fingerprint density at radius 2 is 1.81 bits per heavy atom. The van der Waals surface area contributed by atoms with E-state index in [2.05, 4.69) is 46.4 Å². The Balaban J connectivity index is 1.33. The fraction of sp³-hybridized carbons (Fsp3) is 0.600. The average molecular weight is 423 g/mol. The van der Waals surface area contributed by atoms with E-state index in [4.69, 9.17) is 0 Å². The number of carbonyl (C=O) groups is 1. The Labute approximate surface area is 184 Å². The number of nitrogens with one attached hydrogen (secondary N) is 1. The van der Waals surface area contributed by atoms with E-state index in [0.717, 1.165) is 57.3 Å². The fourth-order valence-electron chi connectivity index (χ4n) is 6.12. The summed E-state index contributed by atoms with van der Waals surface area (Å²) in [7, 11) is 0. The minimum Gasteiger partial charge on any atom is -0.391 e. The second-order valence-electron chi connectivity index (χ2n) is 9.98. The molecule has 2 aliphatic carbocycles. The van der Waals surface area contributed by atoms with Crippen LogP contribution in [0.25, 0.3) is 0 Å². The molecule has 3 fully saturated rings. The highest BCUT2D eigenvalue weighted by molar-refractivity contribution is 5.90. The van der Waals surface area contributed by atoms with E-state index in [0.29, 0.717) is 11.8 Å². The molecule has 5 rings (SSSR count). The first-order chi connectivity index (χ1) is 15.0. The summed E-state index contributed by atoms with van der Waals surface area (Å²) in [5.74, 6) is 1.09. The van der Waals surface area contributed by atoms with Crippen molar-refractivity contribution in [2.75, 3.05) is 18.4 Å². The third-order valence-corrected chi connectivity index (χ3v) is 7.86. The standard InChI is InChI=1S/C25H34N4O2/c1-18-5-7-21(8-6-18)27-25(9-3-2-4-10-25)24(31)29-15-19-13-22(28-12-11-26-17-28)23(30)14-20(19)16-29/h5-8,11-12,17,19-20,22-23,27,30H,2-4,9-10,13-16H2,1H3/t19-,20+,22-,23-/m1/s1. The van der Waals surface area contributed by atoms with Crippen LogP contribution in [0.2, 0.25) is 0 Å². The van der Waals surface area contributed by atoms with Crippen molar-refractivity contribution in [3.05, 3.63) is 48.5 Å². The highest BCUT2D eigenvalue weighted by atomic mass is 16.3. The molecule has 1 amide bonds. The number of aliphatic hydroxyl groups is 1.